The van der Waals surface area contributed by atoms with Crippen molar-refractivity contribution in [2.24, 2.45) is 0 Å². The van der Waals surface area contributed by atoms with Crippen molar-refractivity contribution in [2.45, 2.75) is 64.4 Å². The fourth-order valence-electron chi connectivity index (χ4n) is 3.06. The molecular weight excluding hydrogens is 252 g/mol. The third-order valence-electron chi connectivity index (χ3n) is 4.13. The van der Waals surface area contributed by atoms with Gasteiger partial charge in [-0.1, -0.05) is 0 Å². The maximum absolute atomic E-state index is 5.88. The average Bonchev–Trinajstić information content (AvgIpc) is 2.93. The van der Waals surface area contributed by atoms with Crippen LogP contribution in [-0.2, 0) is 17.8 Å². The minimum Gasteiger partial charge on any atom is -0.468 e. The lowest BCUT2D eigenvalue weighted by atomic mass is 10.1. The summed E-state index contributed by atoms with van der Waals surface area (Å²) in [5, 5.41) is 3.53. The number of nitrogens with zero attached hydrogens (tertiary/aromatic N) is 1. The van der Waals surface area contributed by atoms with Crippen molar-refractivity contribution in [1.29, 1.82) is 0 Å². The van der Waals surface area contributed by atoms with Crippen LogP contribution in [0.2, 0.25) is 0 Å². The first-order valence-corrected chi connectivity index (χ1v) is 7.68. The number of hydrogen-bond acceptors (Lipinski definition) is 4. The summed E-state index contributed by atoms with van der Waals surface area (Å²) < 4.78 is 11.6. The number of furan rings is 1. The van der Waals surface area contributed by atoms with E-state index in [1.54, 1.807) is 0 Å². The topological polar surface area (TPSA) is 37.6 Å². The summed E-state index contributed by atoms with van der Waals surface area (Å²) in [5.74, 6) is 1.10. The van der Waals surface area contributed by atoms with E-state index < -0.39 is 0 Å². The van der Waals surface area contributed by atoms with Gasteiger partial charge >= 0.3 is 0 Å². The molecule has 3 rings (SSSR count). The number of hydrogen-bond donors (Lipinski definition) is 1. The van der Waals surface area contributed by atoms with E-state index in [2.05, 4.69) is 37.1 Å². The van der Waals surface area contributed by atoms with Crippen molar-refractivity contribution in [3.05, 3.63) is 23.7 Å². The third kappa shape index (κ3) is 3.43. The quantitative estimate of drug-likeness (QED) is 0.918. The molecule has 0 saturated carbocycles. The van der Waals surface area contributed by atoms with E-state index in [-0.39, 0.29) is 5.54 Å². The Bertz CT molecular complexity index is 438. The molecule has 1 aromatic rings. The van der Waals surface area contributed by atoms with Gasteiger partial charge in [-0.05, 0) is 39.7 Å². The lowest BCUT2D eigenvalue weighted by Crippen LogP contribution is -2.42. The second-order valence-corrected chi connectivity index (χ2v) is 7.12. The Hall–Kier alpha value is -0.840. The molecule has 4 heteroatoms. The second kappa shape index (κ2) is 5.51. The Labute approximate surface area is 121 Å². The van der Waals surface area contributed by atoms with Gasteiger partial charge in [0.15, 0.2) is 0 Å². The van der Waals surface area contributed by atoms with Crippen LogP contribution in [0.1, 0.15) is 44.9 Å². The van der Waals surface area contributed by atoms with Gasteiger partial charge in [-0.2, -0.15) is 0 Å². The summed E-state index contributed by atoms with van der Waals surface area (Å²) in [6.45, 7) is 10.4. The van der Waals surface area contributed by atoms with Crippen molar-refractivity contribution >= 4 is 0 Å². The molecule has 2 fully saturated rings. The van der Waals surface area contributed by atoms with Gasteiger partial charge in [0.2, 0.25) is 0 Å². The second-order valence-electron chi connectivity index (χ2n) is 7.12. The molecule has 0 amide bonds. The van der Waals surface area contributed by atoms with Crippen molar-refractivity contribution < 1.29 is 9.15 Å². The largest absolute Gasteiger partial charge is 0.468 e. The fraction of sp³-hybridized carbons (Fsp3) is 0.750. The summed E-state index contributed by atoms with van der Waals surface area (Å²) >= 11 is 0. The van der Waals surface area contributed by atoms with Crippen LogP contribution in [0.4, 0.5) is 0 Å². The van der Waals surface area contributed by atoms with Crippen LogP contribution in [0.25, 0.3) is 0 Å². The molecule has 20 heavy (non-hydrogen) atoms. The van der Waals surface area contributed by atoms with Gasteiger partial charge in [0.05, 0.1) is 25.0 Å². The van der Waals surface area contributed by atoms with E-state index >= 15 is 0 Å². The molecule has 2 saturated heterocycles. The van der Waals surface area contributed by atoms with Crippen LogP contribution in [0, 0.1) is 0 Å². The van der Waals surface area contributed by atoms with Gasteiger partial charge in [0.1, 0.15) is 5.76 Å². The first-order chi connectivity index (χ1) is 9.49. The maximum Gasteiger partial charge on any atom is 0.122 e. The molecule has 3 heterocycles. The number of ether oxygens (including phenoxy) is 1. The highest BCUT2D eigenvalue weighted by Crippen LogP contribution is 2.27. The molecule has 2 aliphatic heterocycles. The number of nitrogens with one attached hydrogen (secondary N) is 1. The standard InChI is InChI=1S/C16H26N2O2/c1-16(2,3)17-8-12-6-7-19-15(12)11-18-9-13-4-5-14(10-18)20-13/h6-7,13-14,17H,4-5,8-11H2,1-3H3. The van der Waals surface area contributed by atoms with Crippen LogP contribution in [-0.4, -0.2) is 35.7 Å². The number of rotatable bonds is 4. The zero-order chi connectivity index (χ0) is 14.2. The van der Waals surface area contributed by atoms with Crippen molar-refractivity contribution in [3.63, 3.8) is 0 Å². The minimum absolute atomic E-state index is 0.132. The number of morpholine rings is 1. The van der Waals surface area contributed by atoms with Gasteiger partial charge in [-0.15, -0.1) is 0 Å². The molecule has 2 bridgehead atoms. The average molecular weight is 278 g/mol. The summed E-state index contributed by atoms with van der Waals surface area (Å²) in [6, 6.07) is 2.09. The van der Waals surface area contributed by atoms with E-state index in [0.717, 1.165) is 31.9 Å². The first kappa shape index (κ1) is 14.1. The molecule has 0 radical (unpaired) electrons. The first-order valence-electron chi connectivity index (χ1n) is 7.68. The van der Waals surface area contributed by atoms with E-state index in [9.17, 15) is 0 Å². The van der Waals surface area contributed by atoms with E-state index in [4.69, 9.17) is 9.15 Å². The van der Waals surface area contributed by atoms with Gasteiger partial charge in [0.25, 0.3) is 0 Å². The molecule has 2 unspecified atom stereocenters. The van der Waals surface area contributed by atoms with Crippen molar-refractivity contribution in [3.8, 4) is 0 Å². The maximum atomic E-state index is 5.88. The monoisotopic (exact) mass is 278 g/mol. The summed E-state index contributed by atoms with van der Waals surface area (Å²) in [6.07, 6.45) is 5.14. The lowest BCUT2D eigenvalue weighted by Gasteiger charge is -2.31. The SMILES string of the molecule is CC(C)(C)NCc1ccoc1CN1CC2CCC(C1)O2. The van der Waals surface area contributed by atoms with Crippen LogP contribution in [0.5, 0.6) is 0 Å². The van der Waals surface area contributed by atoms with E-state index in [1.807, 2.05) is 6.26 Å². The molecule has 4 nitrogen and oxygen atoms in total. The summed E-state index contributed by atoms with van der Waals surface area (Å²) in [7, 11) is 0. The van der Waals surface area contributed by atoms with Crippen LogP contribution >= 0.6 is 0 Å². The highest BCUT2D eigenvalue weighted by molar-refractivity contribution is 5.17. The van der Waals surface area contributed by atoms with Crippen LogP contribution < -0.4 is 5.32 Å². The highest BCUT2D eigenvalue weighted by atomic mass is 16.5. The summed E-state index contributed by atoms with van der Waals surface area (Å²) in [4.78, 5) is 2.48. The predicted molar refractivity (Wildman–Crippen MR) is 78.5 cm³/mol. The van der Waals surface area contributed by atoms with Gasteiger partial charge < -0.3 is 14.5 Å². The minimum atomic E-state index is 0.132. The highest BCUT2D eigenvalue weighted by Gasteiger charge is 2.34. The van der Waals surface area contributed by atoms with Gasteiger partial charge in [-0.3, -0.25) is 4.90 Å². The number of likely N-dealkylation sites (tertiary alicyclic amines) is 1. The normalized spacial score (nSPS) is 27.1. The third-order valence-corrected chi connectivity index (χ3v) is 4.13. The van der Waals surface area contributed by atoms with Crippen LogP contribution in [0.15, 0.2) is 16.7 Å². The Morgan fingerprint density at radius 3 is 2.60 bits per heavy atom. The fourth-order valence-corrected chi connectivity index (χ4v) is 3.06. The molecule has 2 atom stereocenters. The predicted octanol–water partition coefficient (Wildman–Crippen LogP) is 2.53. The Balaban J connectivity index is 1.59. The lowest BCUT2D eigenvalue weighted by molar-refractivity contribution is -0.0428. The molecular formula is C16H26N2O2. The molecule has 0 aromatic carbocycles. The van der Waals surface area contributed by atoms with E-state index in [0.29, 0.717) is 12.2 Å². The van der Waals surface area contributed by atoms with Crippen molar-refractivity contribution in [2.75, 3.05) is 13.1 Å². The zero-order valence-electron chi connectivity index (χ0n) is 12.8. The Morgan fingerprint density at radius 2 is 1.95 bits per heavy atom. The Kier molecular flexibility index (Phi) is 3.89. The molecule has 1 N–H and O–H groups in total. The van der Waals surface area contributed by atoms with Gasteiger partial charge in [0, 0.05) is 30.7 Å². The zero-order valence-corrected chi connectivity index (χ0v) is 12.8. The Morgan fingerprint density at radius 1 is 1.25 bits per heavy atom. The van der Waals surface area contributed by atoms with E-state index in [1.165, 1.54) is 18.4 Å². The molecule has 0 spiro atoms. The smallest absolute Gasteiger partial charge is 0.122 e. The van der Waals surface area contributed by atoms with Gasteiger partial charge in [-0.25, -0.2) is 0 Å². The molecule has 2 aliphatic rings. The van der Waals surface area contributed by atoms with Crippen LogP contribution in [0.3, 0.4) is 0 Å². The molecule has 0 aliphatic carbocycles. The number of fused-ring (bicyclic) bond motifs is 2. The summed E-state index contributed by atoms with van der Waals surface area (Å²) in [5.41, 5.74) is 1.41. The molecule has 112 valence electrons. The van der Waals surface area contributed by atoms with Crippen molar-refractivity contribution in [1.82, 2.24) is 10.2 Å². The molecule has 1 aromatic heterocycles.